The van der Waals surface area contributed by atoms with Crippen LogP contribution >= 0.6 is 0 Å². The van der Waals surface area contributed by atoms with Crippen molar-refractivity contribution in [1.29, 1.82) is 0 Å². The summed E-state index contributed by atoms with van der Waals surface area (Å²) in [4.78, 5) is 13.4. The maximum absolute atomic E-state index is 14.3. The summed E-state index contributed by atoms with van der Waals surface area (Å²) in [6.45, 7) is 0. The van der Waals surface area contributed by atoms with Crippen molar-refractivity contribution in [3.8, 4) is 22.6 Å². The molecule has 1 aromatic carbocycles. The normalized spacial score (nSPS) is 15.0. The van der Waals surface area contributed by atoms with Crippen LogP contribution in [0.4, 0.5) is 10.2 Å². The van der Waals surface area contributed by atoms with Gasteiger partial charge in [-0.2, -0.15) is 0 Å². The Balaban J connectivity index is 1.75. The smallest absolute Gasteiger partial charge is 0.163 e. The average molecular weight is 348 g/mol. The molecule has 0 unspecified atom stereocenters. The molecule has 0 bridgehead atoms. The zero-order chi connectivity index (χ0) is 17.8. The minimum atomic E-state index is -0.285. The van der Waals surface area contributed by atoms with Gasteiger partial charge in [0.2, 0.25) is 0 Å². The summed E-state index contributed by atoms with van der Waals surface area (Å²) >= 11 is 0. The van der Waals surface area contributed by atoms with Gasteiger partial charge in [-0.15, -0.1) is 0 Å². The summed E-state index contributed by atoms with van der Waals surface area (Å²) in [7, 11) is 0. The molecule has 5 heteroatoms. The van der Waals surface area contributed by atoms with Gasteiger partial charge in [-0.3, -0.25) is 4.98 Å². The number of nitrogens with one attached hydrogen (secondary N) is 1. The second kappa shape index (κ2) is 7.60. The number of benzene rings is 1. The number of anilines is 1. The summed E-state index contributed by atoms with van der Waals surface area (Å²) in [6, 6.07) is 12.7. The third-order valence-electron chi connectivity index (χ3n) is 4.75. The predicted molar refractivity (Wildman–Crippen MR) is 101 cm³/mol. The van der Waals surface area contributed by atoms with Gasteiger partial charge in [0.05, 0.1) is 5.69 Å². The lowest BCUT2D eigenvalue weighted by atomic mass is 9.95. The largest absolute Gasteiger partial charge is 0.367 e. The van der Waals surface area contributed by atoms with Gasteiger partial charge in [0.15, 0.2) is 5.82 Å². The van der Waals surface area contributed by atoms with Gasteiger partial charge in [-0.25, -0.2) is 14.4 Å². The standard InChI is InChI=1S/C21H21FN4/c22-18-11-5-4-10-17(18)19-13-20(24-16-8-2-1-3-9-16)26-21(25-19)15-7-6-12-23-14-15/h4-7,10-14,16H,1-3,8-9H2,(H,24,25,26). The lowest BCUT2D eigenvalue weighted by molar-refractivity contribution is 0.462. The second-order valence-corrected chi connectivity index (χ2v) is 6.66. The van der Waals surface area contributed by atoms with Gasteiger partial charge in [0, 0.05) is 35.6 Å². The van der Waals surface area contributed by atoms with E-state index in [-0.39, 0.29) is 5.82 Å². The highest BCUT2D eigenvalue weighted by Crippen LogP contribution is 2.28. The summed E-state index contributed by atoms with van der Waals surface area (Å²) in [5, 5.41) is 3.53. The summed E-state index contributed by atoms with van der Waals surface area (Å²) in [6.07, 6.45) is 9.49. The summed E-state index contributed by atoms with van der Waals surface area (Å²) in [5.74, 6) is 1.01. The van der Waals surface area contributed by atoms with Crippen molar-refractivity contribution in [2.45, 2.75) is 38.1 Å². The van der Waals surface area contributed by atoms with Gasteiger partial charge < -0.3 is 5.32 Å². The number of halogens is 1. The first kappa shape index (κ1) is 16.6. The molecule has 26 heavy (non-hydrogen) atoms. The molecule has 1 N–H and O–H groups in total. The minimum absolute atomic E-state index is 0.285. The van der Waals surface area contributed by atoms with Gasteiger partial charge in [0.25, 0.3) is 0 Å². The van der Waals surface area contributed by atoms with E-state index in [9.17, 15) is 4.39 Å². The highest BCUT2D eigenvalue weighted by Gasteiger charge is 2.16. The molecule has 3 aromatic rings. The molecular weight excluding hydrogens is 327 g/mol. The van der Waals surface area contributed by atoms with Crippen LogP contribution in [0.1, 0.15) is 32.1 Å². The fourth-order valence-electron chi connectivity index (χ4n) is 3.41. The van der Waals surface area contributed by atoms with E-state index in [1.165, 1.54) is 25.3 Å². The van der Waals surface area contributed by atoms with Gasteiger partial charge in [-0.1, -0.05) is 31.4 Å². The van der Waals surface area contributed by atoms with Crippen LogP contribution in [-0.4, -0.2) is 21.0 Å². The van der Waals surface area contributed by atoms with Crippen molar-refractivity contribution in [3.05, 3.63) is 60.7 Å². The average Bonchev–Trinajstić information content (AvgIpc) is 2.69. The molecule has 4 rings (SSSR count). The Labute approximate surface area is 152 Å². The highest BCUT2D eigenvalue weighted by atomic mass is 19.1. The lowest BCUT2D eigenvalue weighted by Gasteiger charge is -2.23. The Morgan fingerprint density at radius 2 is 1.81 bits per heavy atom. The molecule has 1 fully saturated rings. The predicted octanol–water partition coefficient (Wildman–Crippen LogP) is 5.09. The maximum Gasteiger partial charge on any atom is 0.163 e. The molecule has 0 saturated heterocycles. The first-order valence-electron chi connectivity index (χ1n) is 9.10. The van der Waals surface area contributed by atoms with E-state index >= 15 is 0 Å². The maximum atomic E-state index is 14.3. The van der Waals surface area contributed by atoms with Crippen LogP contribution < -0.4 is 5.32 Å². The molecule has 1 aliphatic rings. The van der Waals surface area contributed by atoms with Gasteiger partial charge in [0.1, 0.15) is 11.6 Å². The van der Waals surface area contributed by atoms with E-state index in [4.69, 9.17) is 0 Å². The van der Waals surface area contributed by atoms with Crippen molar-refractivity contribution in [2.24, 2.45) is 0 Å². The van der Waals surface area contributed by atoms with Crippen molar-refractivity contribution < 1.29 is 4.39 Å². The Kier molecular flexibility index (Phi) is 4.86. The van der Waals surface area contributed by atoms with Crippen LogP contribution in [0.15, 0.2) is 54.9 Å². The fourth-order valence-corrected chi connectivity index (χ4v) is 3.41. The molecule has 0 aliphatic heterocycles. The quantitative estimate of drug-likeness (QED) is 0.713. The van der Waals surface area contributed by atoms with E-state index in [2.05, 4.69) is 20.3 Å². The molecule has 4 nitrogen and oxygen atoms in total. The number of hydrogen-bond donors (Lipinski definition) is 1. The molecule has 1 aliphatic carbocycles. The molecule has 132 valence electrons. The number of aromatic nitrogens is 3. The molecule has 0 spiro atoms. The Hall–Kier alpha value is -2.82. The third kappa shape index (κ3) is 3.72. The van der Waals surface area contributed by atoms with E-state index in [0.29, 0.717) is 23.1 Å². The zero-order valence-corrected chi connectivity index (χ0v) is 14.5. The SMILES string of the molecule is Fc1ccccc1-c1cc(NC2CCCCC2)nc(-c2cccnc2)n1. The second-order valence-electron chi connectivity index (χ2n) is 6.66. The van der Waals surface area contributed by atoms with Crippen molar-refractivity contribution >= 4 is 5.82 Å². The first-order valence-corrected chi connectivity index (χ1v) is 9.10. The summed E-state index contributed by atoms with van der Waals surface area (Å²) in [5.41, 5.74) is 1.87. The monoisotopic (exact) mass is 348 g/mol. The van der Waals surface area contributed by atoms with Crippen LogP contribution in [0.25, 0.3) is 22.6 Å². The van der Waals surface area contributed by atoms with Crippen LogP contribution in [-0.2, 0) is 0 Å². The Bertz CT molecular complexity index is 876. The number of rotatable bonds is 4. The molecule has 0 atom stereocenters. The van der Waals surface area contributed by atoms with E-state index in [0.717, 1.165) is 24.2 Å². The molecule has 1 saturated carbocycles. The van der Waals surface area contributed by atoms with Crippen LogP contribution in [0, 0.1) is 5.82 Å². The molecule has 2 heterocycles. The Morgan fingerprint density at radius 3 is 2.58 bits per heavy atom. The number of nitrogens with zero attached hydrogens (tertiary/aromatic N) is 3. The Morgan fingerprint density at radius 1 is 0.962 bits per heavy atom. The van der Waals surface area contributed by atoms with Gasteiger partial charge in [-0.05, 0) is 37.1 Å². The molecule has 0 radical (unpaired) electrons. The first-order chi connectivity index (χ1) is 12.8. The van der Waals surface area contributed by atoms with Crippen LogP contribution in [0.3, 0.4) is 0 Å². The summed E-state index contributed by atoms with van der Waals surface area (Å²) < 4.78 is 14.3. The molecular formula is C21H21FN4. The third-order valence-corrected chi connectivity index (χ3v) is 4.75. The lowest BCUT2D eigenvalue weighted by Crippen LogP contribution is -2.23. The van der Waals surface area contributed by atoms with Gasteiger partial charge >= 0.3 is 0 Å². The van der Waals surface area contributed by atoms with Crippen LogP contribution in [0.5, 0.6) is 0 Å². The van der Waals surface area contributed by atoms with Crippen molar-refractivity contribution in [3.63, 3.8) is 0 Å². The van der Waals surface area contributed by atoms with E-state index in [1.807, 2.05) is 24.3 Å². The minimum Gasteiger partial charge on any atom is -0.367 e. The fraction of sp³-hybridized carbons (Fsp3) is 0.286. The van der Waals surface area contributed by atoms with E-state index < -0.39 is 0 Å². The number of hydrogen-bond acceptors (Lipinski definition) is 4. The molecule has 0 amide bonds. The topological polar surface area (TPSA) is 50.7 Å². The zero-order valence-electron chi connectivity index (χ0n) is 14.5. The van der Waals surface area contributed by atoms with Crippen LogP contribution in [0.2, 0.25) is 0 Å². The highest BCUT2D eigenvalue weighted by molar-refractivity contribution is 5.67. The molecule has 2 aromatic heterocycles. The number of pyridine rings is 1. The van der Waals surface area contributed by atoms with Crippen molar-refractivity contribution in [2.75, 3.05) is 5.32 Å². The van der Waals surface area contributed by atoms with E-state index in [1.54, 1.807) is 24.5 Å². The van der Waals surface area contributed by atoms with Crippen molar-refractivity contribution in [1.82, 2.24) is 15.0 Å².